The van der Waals surface area contributed by atoms with Gasteiger partial charge in [-0.05, 0) is 159 Å². The Kier molecular flexibility index (Phi) is 26.6. The smallest absolute Gasteiger partial charge is 0.414 e. The Balaban J connectivity index is 0.000000174. The number of anilines is 12. The number of amides is 6. The third kappa shape index (κ3) is 21.4. The van der Waals surface area contributed by atoms with E-state index in [1.54, 1.807) is 112 Å². The lowest BCUT2D eigenvalue weighted by Crippen LogP contribution is -2.58. The standard InChI is InChI=1S/2C26H34N8O3.C24H30N8O3/c1-17(2)37-26(36)31(6)22-9-7-21(8-10-22)29-25-28-16-33(30-25)23-11-12-27-24(13-23)32-14-18(3)34(20(5)35)19(4)15-32;1-6-13-37-26(36)31(5)22-9-7-21(8-10-22)29-25-28-17-33(30-25)23-11-12-27-24(14-23)32-15-18(2)34(20(4)35)19(3)16-32;1-17(2)35-24(34)28-20-7-5-19(6-8-20)27-23-26-16-32(29-23)21-9-10-25-22(15-21)31-12-4-11-30(13-14-31)18(3)33/h7-13,16-19H,14-15H2,1-6H3,(H,29,30);7-12,14,17-19H,6,13,15-16H2,1-5H3,(H,29,30);5-10,15-17H,4,11-14H2,1-3H3,(H,27,29)(H,28,34)/t2*18-,19+;. The van der Waals surface area contributed by atoms with Gasteiger partial charge in [-0.2, -0.15) is 15.0 Å². The molecule has 3 aliphatic heterocycles. The number of hydrogen-bond acceptors (Lipinski definition) is 24. The highest BCUT2D eigenvalue weighted by atomic mass is 16.6. The third-order valence-electron chi connectivity index (χ3n) is 18.0. The Labute approximate surface area is 634 Å². The van der Waals surface area contributed by atoms with Crippen LogP contribution in [-0.2, 0) is 28.6 Å². The van der Waals surface area contributed by atoms with Crippen LogP contribution in [0.25, 0.3) is 17.1 Å². The minimum absolute atomic E-state index is 0.0966. The maximum Gasteiger partial charge on any atom is 0.414 e. The summed E-state index contributed by atoms with van der Waals surface area (Å²) in [6.45, 7) is 28.5. The van der Waals surface area contributed by atoms with E-state index in [1.807, 2.05) is 133 Å². The number of benzene rings is 3. The predicted molar refractivity (Wildman–Crippen MR) is 418 cm³/mol. The van der Waals surface area contributed by atoms with Gasteiger partial charge >= 0.3 is 18.3 Å². The molecule has 0 unspecified atom stereocenters. The topological polar surface area (TPSA) is 335 Å². The zero-order chi connectivity index (χ0) is 78.0. The Hall–Kier alpha value is -12.5. The molecule has 4 atom stereocenters. The highest BCUT2D eigenvalue weighted by molar-refractivity contribution is 5.88. The maximum absolute atomic E-state index is 12.1. The van der Waals surface area contributed by atoms with Crippen molar-refractivity contribution in [1.82, 2.24) is 73.9 Å². The highest BCUT2D eigenvalue weighted by Gasteiger charge is 2.34. The van der Waals surface area contributed by atoms with Gasteiger partial charge in [0.15, 0.2) is 0 Å². The van der Waals surface area contributed by atoms with Crippen molar-refractivity contribution in [3.8, 4) is 17.1 Å². The Morgan fingerprint density at radius 1 is 0.459 bits per heavy atom. The molecule has 9 heterocycles. The molecule has 33 heteroatoms. The summed E-state index contributed by atoms with van der Waals surface area (Å²) in [5.74, 6) is 4.14. The average Bonchev–Trinajstić information content (AvgIpc) is 1.75. The van der Waals surface area contributed by atoms with Crippen LogP contribution in [-0.4, -0.2) is 219 Å². The molecule has 3 aliphatic rings. The first-order valence-corrected chi connectivity index (χ1v) is 36.4. The Morgan fingerprint density at radius 2 is 0.835 bits per heavy atom. The summed E-state index contributed by atoms with van der Waals surface area (Å²) in [6.07, 6.45) is 10.2. The highest BCUT2D eigenvalue weighted by Crippen LogP contribution is 2.29. The average molecular weight is 1490 g/mol. The molecule has 12 rings (SSSR count). The van der Waals surface area contributed by atoms with Crippen LogP contribution in [0.3, 0.4) is 0 Å². The molecular weight excluding hydrogens is 1390 g/mol. The first kappa shape index (κ1) is 79.1. The first-order chi connectivity index (χ1) is 52.2. The molecule has 109 heavy (non-hydrogen) atoms. The van der Waals surface area contributed by atoms with Gasteiger partial charge in [-0.3, -0.25) is 29.5 Å². The van der Waals surface area contributed by atoms with Crippen molar-refractivity contribution in [3.05, 3.63) is 147 Å². The lowest BCUT2D eigenvalue weighted by Gasteiger charge is -2.44. The maximum atomic E-state index is 12.1. The van der Waals surface area contributed by atoms with Gasteiger partial charge in [-0.15, -0.1) is 15.3 Å². The normalized spacial score (nSPS) is 16.4. The molecule has 0 radical (unpaired) electrons. The summed E-state index contributed by atoms with van der Waals surface area (Å²) in [5, 5.41) is 25.8. The van der Waals surface area contributed by atoms with Gasteiger partial charge in [-0.1, -0.05) is 6.92 Å². The van der Waals surface area contributed by atoms with Gasteiger partial charge < -0.3 is 59.6 Å². The molecule has 0 spiro atoms. The fourth-order valence-corrected chi connectivity index (χ4v) is 12.9. The number of nitrogens with zero attached hydrogens (tertiary/aromatic N) is 20. The van der Waals surface area contributed by atoms with Crippen molar-refractivity contribution in [2.45, 2.75) is 132 Å². The number of piperazine rings is 2. The molecule has 3 fully saturated rings. The molecule has 4 N–H and O–H groups in total. The van der Waals surface area contributed by atoms with Gasteiger partial charge in [0, 0.05) is 182 Å². The van der Waals surface area contributed by atoms with Gasteiger partial charge in [0.2, 0.25) is 35.6 Å². The van der Waals surface area contributed by atoms with Crippen molar-refractivity contribution in [3.63, 3.8) is 0 Å². The molecule has 576 valence electrons. The summed E-state index contributed by atoms with van der Waals surface area (Å²) in [7, 11) is 3.35. The summed E-state index contributed by atoms with van der Waals surface area (Å²) in [4.78, 5) is 114. The van der Waals surface area contributed by atoms with E-state index in [2.05, 4.69) is 109 Å². The number of nitrogens with one attached hydrogen (secondary N) is 4. The SMILES string of the molecule is CC(=O)N1CCCN(c2cc(-n3cnc(Nc4ccc(NC(=O)OC(C)C)cc4)n3)ccn2)CC1.CC(=O)N1[C@H](C)CN(c2cc(-n3cnc(Nc4ccc(N(C)C(=O)OC(C)C)cc4)n3)ccn2)C[C@@H]1C.CCCOC(=O)N(C)c1ccc(Nc2ncn(-c3ccnc(N4C[C@@H](C)N(C(C)=O)[C@@H](C)C4)c3)n2)cc1. The molecule has 6 amide bonds. The molecule has 6 aromatic heterocycles. The van der Waals surface area contributed by atoms with Crippen molar-refractivity contribution in [2.24, 2.45) is 0 Å². The largest absolute Gasteiger partial charge is 0.449 e. The van der Waals surface area contributed by atoms with Crippen LogP contribution in [0.15, 0.2) is 147 Å². The van der Waals surface area contributed by atoms with Gasteiger partial charge in [-0.25, -0.2) is 43.4 Å². The molecule has 3 saturated heterocycles. The fraction of sp³-hybridized carbons (Fsp3) is 0.408. The van der Waals surface area contributed by atoms with Crippen LogP contribution in [0.5, 0.6) is 0 Å². The molecule has 9 aromatic rings. The van der Waals surface area contributed by atoms with Gasteiger partial charge in [0.1, 0.15) is 36.4 Å². The van der Waals surface area contributed by atoms with Crippen LogP contribution in [0, 0.1) is 0 Å². The zero-order valence-corrected chi connectivity index (χ0v) is 64.2. The number of carbonyl (C=O) groups is 6. The molecule has 33 nitrogen and oxygen atoms in total. The molecular formula is C76H98N24O9. The second-order valence-corrected chi connectivity index (χ2v) is 27.4. The molecule has 3 aromatic carbocycles. The van der Waals surface area contributed by atoms with Crippen LogP contribution in [0.1, 0.15) is 95.9 Å². The first-order valence-electron chi connectivity index (χ1n) is 36.4. The Bertz CT molecular complexity index is 4510. The monoisotopic (exact) mass is 1490 g/mol. The fourth-order valence-electron chi connectivity index (χ4n) is 12.9. The molecule has 0 aliphatic carbocycles. The van der Waals surface area contributed by atoms with E-state index in [0.29, 0.717) is 68.6 Å². The van der Waals surface area contributed by atoms with E-state index in [9.17, 15) is 28.8 Å². The van der Waals surface area contributed by atoms with Crippen molar-refractivity contribution in [2.75, 3.05) is 119 Å². The van der Waals surface area contributed by atoms with E-state index in [-0.39, 0.29) is 60.2 Å². The van der Waals surface area contributed by atoms with Crippen LogP contribution < -0.4 is 45.8 Å². The van der Waals surface area contributed by atoms with E-state index in [4.69, 9.17) is 14.2 Å². The van der Waals surface area contributed by atoms with Gasteiger partial charge in [0.25, 0.3) is 0 Å². The summed E-state index contributed by atoms with van der Waals surface area (Å²) in [5.41, 5.74) is 6.93. The summed E-state index contributed by atoms with van der Waals surface area (Å²) < 4.78 is 20.6. The third-order valence-corrected chi connectivity index (χ3v) is 18.0. The number of rotatable bonds is 19. The van der Waals surface area contributed by atoms with Crippen LogP contribution in [0.4, 0.5) is 83.8 Å². The minimum atomic E-state index is -0.491. The second kappa shape index (κ2) is 36.7. The van der Waals surface area contributed by atoms with Crippen molar-refractivity contribution >= 4 is 105 Å². The number of pyridine rings is 3. The lowest BCUT2D eigenvalue weighted by molar-refractivity contribution is -0.134. The van der Waals surface area contributed by atoms with Crippen molar-refractivity contribution in [1.29, 1.82) is 0 Å². The van der Waals surface area contributed by atoms with E-state index in [1.165, 1.54) is 9.80 Å². The number of hydrogen-bond donors (Lipinski definition) is 4. The van der Waals surface area contributed by atoms with Gasteiger partial charge in [0.05, 0.1) is 35.9 Å². The van der Waals surface area contributed by atoms with E-state index in [0.717, 1.165) is 89.7 Å². The number of carbonyl (C=O) groups excluding carboxylic acids is 6. The lowest BCUT2D eigenvalue weighted by atomic mass is 10.1. The minimum Gasteiger partial charge on any atom is -0.449 e. The molecule has 0 bridgehead atoms. The number of aromatic nitrogens is 12. The van der Waals surface area contributed by atoms with E-state index < -0.39 is 12.2 Å². The quantitative estimate of drug-likeness (QED) is 0.0546. The van der Waals surface area contributed by atoms with E-state index >= 15 is 0 Å². The summed E-state index contributed by atoms with van der Waals surface area (Å²) in [6, 6.07) is 33.8. The second-order valence-electron chi connectivity index (χ2n) is 27.4. The summed E-state index contributed by atoms with van der Waals surface area (Å²) >= 11 is 0. The van der Waals surface area contributed by atoms with Crippen LogP contribution in [0.2, 0.25) is 0 Å². The number of ether oxygens (including phenoxy) is 3. The van der Waals surface area contributed by atoms with Crippen LogP contribution >= 0.6 is 0 Å². The predicted octanol–water partition coefficient (Wildman–Crippen LogP) is 11.1. The Morgan fingerprint density at radius 3 is 1.21 bits per heavy atom. The zero-order valence-electron chi connectivity index (χ0n) is 64.2. The van der Waals surface area contributed by atoms with Crippen molar-refractivity contribution < 1.29 is 43.0 Å². The molecule has 0 saturated carbocycles.